The number of anilines is 2. The number of methoxy groups -OCH3 is 1. The Morgan fingerprint density at radius 3 is 2.22 bits per heavy atom. The van der Waals surface area contributed by atoms with Crippen LogP contribution in [0.5, 0.6) is 5.75 Å². The van der Waals surface area contributed by atoms with Crippen molar-refractivity contribution in [2.75, 3.05) is 89.9 Å². The van der Waals surface area contributed by atoms with E-state index in [9.17, 15) is 9.59 Å². The number of nitrogens with one attached hydrogen (secondary N) is 1. The number of likely N-dealkylation sites (N-methyl/N-ethyl adjacent to an activating group) is 1. The first-order chi connectivity index (χ1) is 17.5. The lowest BCUT2D eigenvalue weighted by Crippen LogP contribution is -2.51. The molecule has 4 rings (SSSR count). The minimum absolute atomic E-state index is 0.0595. The number of nitrogens with zero attached hydrogens (tertiary/aromatic N) is 4. The summed E-state index contributed by atoms with van der Waals surface area (Å²) in [6, 6.07) is 16.0. The first-order valence-electron chi connectivity index (χ1n) is 12.5. The summed E-state index contributed by atoms with van der Waals surface area (Å²) in [5, 5.41) is 2.93. The summed E-state index contributed by atoms with van der Waals surface area (Å²) in [5.41, 5.74) is 3.12. The van der Waals surface area contributed by atoms with E-state index in [2.05, 4.69) is 27.2 Å². The predicted octanol–water partition coefficient (Wildman–Crippen LogP) is 1.75. The Balaban J connectivity index is 1.16. The van der Waals surface area contributed by atoms with Gasteiger partial charge in [-0.05, 0) is 49.0 Å². The number of hydrogen-bond donors (Lipinski definition) is 1. The summed E-state index contributed by atoms with van der Waals surface area (Å²) in [5.74, 6) is 0.784. The van der Waals surface area contributed by atoms with E-state index in [1.807, 2.05) is 41.3 Å². The van der Waals surface area contributed by atoms with Crippen LogP contribution < -0.4 is 15.0 Å². The number of carbonyl (C=O) groups is 2. The Morgan fingerprint density at radius 1 is 0.917 bits per heavy atom. The number of morpholine rings is 1. The van der Waals surface area contributed by atoms with Crippen LogP contribution in [-0.4, -0.2) is 106 Å². The summed E-state index contributed by atoms with van der Waals surface area (Å²) in [7, 11) is 3.47. The van der Waals surface area contributed by atoms with Crippen molar-refractivity contribution in [1.82, 2.24) is 14.7 Å². The van der Waals surface area contributed by atoms with Crippen LogP contribution in [0.15, 0.2) is 48.5 Å². The molecule has 2 fully saturated rings. The number of carbonyl (C=O) groups excluding carboxylic acids is 2. The zero-order valence-corrected chi connectivity index (χ0v) is 21.3. The van der Waals surface area contributed by atoms with E-state index >= 15 is 0 Å². The topological polar surface area (TPSA) is 77.6 Å². The van der Waals surface area contributed by atoms with Gasteiger partial charge in [0.05, 0.1) is 33.4 Å². The van der Waals surface area contributed by atoms with E-state index in [1.165, 1.54) is 5.56 Å². The van der Waals surface area contributed by atoms with Crippen molar-refractivity contribution in [3.05, 3.63) is 54.1 Å². The van der Waals surface area contributed by atoms with E-state index in [0.717, 1.165) is 63.1 Å². The van der Waals surface area contributed by atoms with Crippen LogP contribution in [0.3, 0.4) is 0 Å². The fourth-order valence-electron chi connectivity index (χ4n) is 4.55. The molecule has 194 valence electrons. The average molecular weight is 496 g/mol. The molecule has 2 aromatic rings. The minimum atomic E-state index is -0.131. The third-order valence-electron chi connectivity index (χ3n) is 6.64. The van der Waals surface area contributed by atoms with Gasteiger partial charge in [-0.1, -0.05) is 12.1 Å². The first-order valence-corrected chi connectivity index (χ1v) is 12.5. The monoisotopic (exact) mass is 495 g/mol. The maximum Gasteiger partial charge on any atom is 0.238 e. The van der Waals surface area contributed by atoms with Crippen molar-refractivity contribution in [2.24, 2.45) is 0 Å². The maximum atomic E-state index is 12.8. The molecule has 2 aliphatic heterocycles. The van der Waals surface area contributed by atoms with Gasteiger partial charge in [-0.3, -0.25) is 19.4 Å². The van der Waals surface area contributed by atoms with Crippen LogP contribution in [-0.2, 0) is 20.9 Å². The second-order valence-corrected chi connectivity index (χ2v) is 9.37. The smallest absolute Gasteiger partial charge is 0.238 e. The Hall–Kier alpha value is -3.14. The summed E-state index contributed by atoms with van der Waals surface area (Å²) < 4.78 is 10.6. The summed E-state index contributed by atoms with van der Waals surface area (Å²) in [4.78, 5) is 33.6. The number of piperazine rings is 1. The molecule has 2 amide bonds. The highest BCUT2D eigenvalue weighted by molar-refractivity contribution is 5.92. The van der Waals surface area contributed by atoms with Gasteiger partial charge in [0.15, 0.2) is 0 Å². The molecular formula is C27H37N5O4. The van der Waals surface area contributed by atoms with Crippen molar-refractivity contribution in [2.45, 2.75) is 6.54 Å². The highest BCUT2D eigenvalue weighted by Crippen LogP contribution is 2.19. The molecule has 0 atom stereocenters. The molecule has 36 heavy (non-hydrogen) atoms. The van der Waals surface area contributed by atoms with E-state index < -0.39 is 0 Å². The molecule has 0 aliphatic carbocycles. The fraction of sp³-hybridized carbons (Fsp3) is 0.481. The van der Waals surface area contributed by atoms with Gasteiger partial charge in [0.2, 0.25) is 11.8 Å². The van der Waals surface area contributed by atoms with Gasteiger partial charge in [0, 0.05) is 57.2 Å². The zero-order chi connectivity index (χ0) is 25.3. The van der Waals surface area contributed by atoms with Crippen LogP contribution in [0, 0.1) is 0 Å². The van der Waals surface area contributed by atoms with Crippen molar-refractivity contribution in [3.63, 3.8) is 0 Å². The van der Waals surface area contributed by atoms with E-state index in [4.69, 9.17) is 9.47 Å². The maximum absolute atomic E-state index is 12.8. The molecule has 0 aromatic heterocycles. The lowest BCUT2D eigenvalue weighted by atomic mass is 10.2. The van der Waals surface area contributed by atoms with Gasteiger partial charge in [-0.25, -0.2) is 0 Å². The second-order valence-electron chi connectivity index (χ2n) is 9.37. The van der Waals surface area contributed by atoms with E-state index in [-0.39, 0.29) is 24.9 Å². The fourth-order valence-corrected chi connectivity index (χ4v) is 4.55. The molecule has 1 N–H and O–H groups in total. The van der Waals surface area contributed by atoms with Gasteiger partial charge in [0.1, 0.15) is 5.75 Å². The van der Waals surface area contributed by atoms with Crippen molar-refractivity contribution < 1.29 is 19.1 Å². The van der Waals surface area contributed by atoms with Crippen molar-refractivity contribution in [1.29, 1.82) is 0 Å². The molecule has 0 spiro atoms. The number of amides is 2. The van der Waals surface area contributed by atoms with Gasteiger partial charge in [0.25, 0.3) is 0 Å². The minimum Gasteiger partial charge on any atom is -0.497 e. The van der Waals surface area contributed by atoms with E-state index in [1.54, 1.807) is 19.1 Å². The van der Waals surface area contributed by atoms with Gasteiger partial charge >= 0.3 is 0 Å². The predicted molar refractivity (Wildman–Crippen MR) is 140 cm³/mol. The Bertz CT molecular complexity index is 984. The Kier molecular flexibility index (Phi) is 9.16. The molecule has 0 unspecified atom stereocenters. The highest BCUT2D eigenvalue weighted by atomic mass is 16.5. The second kappa shape index (κ2) is 12.7. The highest BCUT2D eigenvalue weighted by Gasteiger charge is 2.22. The summed E-state index contributed by atoms with van der Waals surface area (Å²) in [6.45, 7) is 7.55. The zero-order valence-electron chi connectivity index (χ0n) is 21.3. The Morgan fingerprint density at radius 2 is 1.58 bits per heavy atom. The molecular weight excluding hydrogens is 458 g/mol. The molecule has 2 saturated heterocycles. The van der Waals surface area contributed by atoms with Crippen LogP contribution in [0.25, 0.3) is 0 Å². The molecule has 2 heterocycles. The number of benzene rings is 2. The normalized spacial score (nSPS) is 16.8. The third kappa shape index (κ3) is 7.43. The number of ether oxygens (including phenoxy) is 2. The molecule has 2 aliphatic rings. The average Bonchev–Trinajstić information content (AvgIpc) is 2.90. The van der Waals surface area contributed by atoms with Gasteiger partial charge in [-0.15, -0.1) is 0 Å². The largest absolute Gasteiger partial charge is 0.497 e. The first kappa shape index (κ1) is 25.9. The van der Waals surface area contributed by atoms with Crippen molar-refractivity contribution >= 4 is 23.2 Å². The quantitative estimate of drug-likeness (QED) is 0.568. The molecule has 0 bridgehead atoms. The lowest BCUT2D eigenvalue weighted by molar-refractivity contribution is -0.134. The van der Waals surface area contributed by atoms with Crippen LogP contribution >= 0.6 is 0 Å². The molecule has 9 nitrogen and oxygen atoms in total. The molecule has 0 radical (unpaired) electrons. The van der Waals surface area contributed by atoms with Crippen LogP contribution in [0.4, 0.5) is 11.4 Å². The van der Waals surface area contributed by atoms with Gasteiger partial charge < -0.3 is 24.6 Å². The molecule has 0 saturated carbocycles. The number of rotatable bonds is 9. The Labute approximate surface area is 213 Å². The summed E-state index contributed by atoms with van der Waals surface area (Å²) in [6.07, 6.45) is 0. The van der Waals surface area contributed by atoms with Crippen LogP contribution in [0.1, 0.15) is 5.56 Å². The standard InChI is InChI=1S/C27H37N5O4/c1-29(20-26(33)28-23-5-7-24(8-6-23)31-15-17-36-18-16-31)21-27(34)32-13-11-30(12-14-32)19-22-3-9-25(35-2)10-4-22/h3-10H,11-21H2,1-2H3,(H,28,33). The van der Waals surface area contributed by atoms with Crippen LogP contribution in [0.2, 0.25) is 0 Å². The van der Waals surface area contributed by atoms with E-state index in [0.29, 0.717) is 13.1 Å². The SMILES string of the molecule is COc1ccc(CN2CCN(C(=O)CN(C)CC(=O)Nc3ccc(N4CCOCC4)cc3)CC2)cc1. The molecule has 2 aromatic carbocycles. The number of hydrogen-bond acceptors (Lipinski definition) is 7. The third-order valence-corrected chi connectivity index (χ3v) is 6.64. The lowest BCUT2D eigenvalue weighted by Gasteiger charge is -2.35. The van der Waals surface area contributed by atoms with Gasteiger partial charge in [-0.2, -0.15) is 0 Å². The van der Waals surface area contributed by atoms with Crippen molar-refractivity contribution in [3.8, 4) is 5.75 Å². The molecule has 9 heteroatoms. The summed E-state index contributed by atoms with van der Waals surface area (Å²) >= 11 is 0.